The van der Waals surface area contributed by atoms with Crippen LogP contribution in [0, 0.1) is 0 Å². The lowest BCUT2D eigenvalue weighted by Gasteiger charge is -2.14. The zero-order valence-electron chi connectivity index (χ0n) is 10.5. The number of nitrogens with one attached hydrogen (secondary N) is 1. The molecule has 1 aromatic rings. The molecule has 2 N–H and O–H groups in total. The van der Waals surface area contributed by atoms with Crippen molar-refractivity contribution in [2.24, 2.45) is 0 Å². The minimum absolute atomic E-state index is 0.0511. The molecule has 0 atom stereocenters. The summed E-state index contributed by atoms with van der Waals surface area (Å²) in [5, 5.41) is 10.6. The minimum atomic E-state index is -5.00. The number of benzene rings is 1. The third-order valence-electron chi connectivity index (χ3n) is 2.47. The molecule has 0 aliphatic heterocycles. The largest absolute Gasteiger partial charge is 0.416 e. The summed E-state index contributed by atoms with van der Waals surface area (Å²) in [6.07, 6.45) is -9.86. The molecule has 1 aromatic carbocycles. The molecule has 0 aromatic heterocycles. The summed E-state index contributed by atoms with van der Waals surface area (Å²) in [5.74, 6) is -1.07. The van der Waals surface area contributed by atoms with Gasteiger partial charge in [-0.15, -0.1) is 0 Å². The first-order valence-corrected chi connectivity index (χ1v) is 5.74. The van der Waals surface area contributed by atoms with Crippen LogP contribution in [0.2, 0.25) is 0 Å². The van der Waals surface area contributed by atoms with Crippen LogP contribution in [-0.2, 0) is 12.4 Å². The molecule has 0 bridgehead atoms. The van der Waals surface area contributed by atoms with E-state index in [1.807, 2.05) is 0 Å². The fraction of sp³-hybridized carbons (Fsp3) is 0.417. The molecule has 0 saturated carbocycles. The number of carbonyl (C=O) groups excluding carboxylic acids is 1. The highest BCUT2D eigenvalue weighted by atomic mass is 19.4. The van der Waals surface area contributed by atoms with Crippen molar-refractivity contribution in [2.45, 2.75) is 18.8 Å². The monoisotopic (exact) mass is 315 g/mol. The molecule has 0 fully saturated rings. The Morgan fingerprint density at radius 3 is 1.86 bits per heavy atom. The minimum Gasteiger partial charge on any atom is -0.396 e. The first-order chi connectivity index (χ1) is 9.55. The number of hydrogen-bond acceptors (Lipinski definition) is 2. The molecule has 118 valence electrons. The number of halogens is 6. The number of aliphatic hydroxyl groups is 1. The zero-order chi connectivity index (χ0) is 16.3. The summed E-state index contributed by atoms with van der Waals surface area (Å²) in [6.45, 7) is -0.330. The van der Waals surface area contributed by atoms with Crippen molar-refractivity contribution in [3.63, 3.8) is 0 Å². The van der Waals surface area contributed by atoms with Gasteiger partial charge in [-0.05, 0) is 24.6 Å². The Labute approximate surface area is 115 Å². The SMILES string of the molecule is O=C(NCCCO)c1cc(C(F)(F)F)cc(C(F)(F)F)c1. The highest BCUT2D eigenvalue weighted by Crippen LogP contribution is 2.36. The van der Waals surface area contributed by atoms with E-state index in [1.54, 1.807) is 0 Å². The van der Waals surface area contributed by atoms with Gasteiger partial charge >= 0.3 is 12.4 Å². The van der Waals surface area contributed by atoms with Crippen molar-refractivity contribution in [3.05, 3.63) is 34.9 Å². The van der Waals surface area contributed by atoms with Gasteiger partial charge in [-0.2, -0.15) is 26.3 Å². The maximum absolute atomic E-state index is 12.6. The number of rotatable bonds is 4. The Bertz CT molecular complexity index is 477. The van der Waals surface area contributed by atoms with Gasteiger partial charge in [-0.1, -0.05) is 0 Å². The maximum Gasteiger partial charge on any atom is 0.416 e. The molecule has 0 heterocycles. The second kappa shape index (κ2) is 6.33. The molecule has 21 heavy (non-hydrogen) atoms. The summed E-state index contributed by atoms with van der Waals surface area (Å²) < 4.78 is 75.4. The molecule has 0 unspecified atom stereocenters. The van der Waals surface area contributed by atoms with E-state index in [0.717, 1.165) is 0 Å². The summed E-state index contributed by atoms with van der Waals surface area (Å²) in [5.41, 5.74) is -3.84. The fourth-order valence-electron chi connectivity index (χ4n) is 1.47. The topological polar surface area (TPSA) is 49.3 Å². The van der Waals surface area contributed by atoms with Crippen molar-refractivity contribution in [1.82, 2.24) is 5.32 Å². The van der Waals surface area contributed by atoms with Crippen LogP contribution in [0.5, 0.6) is 0 Å². The van der Waals surface area contributed by atoms with Crippen LogP contribution in [0.15, 0.2) is 18.2 Å². The summed E-state index contributed by atoms with van der Waals surface area (Å²) >= 11 is 0. The molecule has 0 radical (unpaired) electrons. The number of aliphatic hydroxyl groups excluding tert-OH is 1. The van der Waals surface area contributed by atoms with Crippen molar-refractivity contribution in [3.8, 4) is 0 Å². The number of hydrogen-bond donors (Lipinski definition) is 2. The van der Waals surface area contributed by atoms with E-state index < -0.39 is 35.0 Å². The average Bonchev–Trinajstić information content (AvgIpc) is 2.36. The Kier molecular flexibility index (Phi) is 5.21. The quantitative estimate of drug-likeness (QED) is 0.663. The van der Waals surface area contributed by atoms with Gasteiger partial charge < -0.3 is 10.4 Å². The van der Waals surface area contributed by atoms with Crippen LogP contribution in [-0.4, -0.2) is 24.2 Å². The van der Waals surface area contributed by atoms with Crippen molar-refractivity contribution >= 4 is 5.91 Å². The summed E-state index contributed by atoms with van der Waals surface area (Å²) in [6, 6.07) is 0.650. The third-order valence-corrected chi connectivity index (χ3v) is 2.47. The lowest BCUT2D eigenvalue weighted by Crippen LogP contribution is -2.26. The van der Waals surface area contributed by atoms with Gasteiger partial charge in [0.2, 0.25) is 0 Å². The van der Waals surface area contributed by atoms with Crippen molar-refractivity contribution < 1.29 is 36.2 Å². The molecule has 0 aliphatic carbocycles. The molecular formula is C12H11F6NO2. The van der Waals surface area contributed by atoms with Crippen LogP contribution in [0.1, 0.15) is 27.9 Å². The van der Waals surface area contributed by atoms with Crippen LogP contribution in [0.4, 0.5) is 26.3 Å². The first-order valence-electron chi connectivity index (χ1n) is 5.74. The van der Waals surface area contributed by atoms with Crippen LogP contribution in [0.25, 0.3) is 0 Å². The Morgan fingerprint density at radius 1 is 1.00 bits per heavy atom. The Morgan fingerprint density at radius 2 is 1.48 bits per heavy atom. The molecule has 0 aliphatic rings. The van der Waals surface area contributed by atoms with Gasteiger partial charge in [-0.25, -0.2) is 0 Å². The van der Waals surface area contributed by atoms with E-state index in [0.29, 0.717) is 12.1 Å². The first kappa shape index (κ1) is 17.3. The normalized spacial score (nSPS) is 12.3. The molecular weight excluding hydrogens is 304 g/mol. The highest BCUT2D eigenvalue weighted by Gasteiger charge is 2.37. The second-order valence-corrected chi connectivity index (χ2v) is 4.13. The number of alkyl halides is 6. The van der Waals surface area contributed by atoms with E-state index >= 15 is 0 Å². The van der Waals surface area contributed by atoms with Crippen LogP contribution >= 0.6 is 0 Å². The number of carbonyl (C=O) groups is 1. The average molecular weight is 315 g/mol. The third kappa shape index (κ3) is 4.92. The molecule has 1 rings (SSSR count). The highest BCUT2D eigenvalue weighted by molar-refractivity contribution is 5.94. The summed E-state index contributed by atoms with van der Waals surface area (Å²) in [4.78, 5) is 11.6. The van der Waals surface area contributed by atoms with Crippen molar-refractivity contribution in [1.29, 1.82) is 0 Å². The van der Waals surface area contributed by atoms with Crippen LogP contribution in [0.3, 0.4) is 0 Å². The smallest absolute Gasteiger partial charge is 0.396 e. The van der Waals surface area contributed by atoms with Gasteiger partial charge in [0, 0.05) is 18.7 Å². The molecule has 3 nitrogen and oxygen atoms in total. The maximum atomic E-state index is 12.6. The van der Waals surface area contributed by atoms with E-state index in [4.69, 9.17) is 5.11 Å². The lowest BCUT2D eigenvalue weighted by molar-refractivity contribution is -0.143. The number of amides is 1. The molecule has 9 heteroatoms. The predicted molar refractivity (Wildman–Crippen MR) is 60.5 cm³/mol. The van der Waals surface area contributed by atoms with E-state index in [-0.39, 0.29) is 25.6 Å². The molecule has 0 spiro atoms. The van der Waals surface area contributed by atoms with E-state index in [2.05, 4.69) is 5.32 Å². The Hall–Kier alpha value is -1.77. The summed E-state index contributed by atoms with van der Waals surface area (Å²) in [7, 11) is 0. The fourth-order valence-corrected chi connectivity index (χ4v) is 1.47. The molecule has 0 saturated heterocycles. The van der Waals surface area contributed by atoms with Gasteiger partial charge in [-0.3, -0.25) is 4.79 Å². The van der Waals surface area contributed by atoms with Gasteiger partial charge in [0.1, 0.15) is 0 Å². The predicted octanol–water partition coefficient (Wildman–Crippen LogP) is 2.84. The Balaban J connectivity index is 3.17. The van der Waals surface area contributed by atoms with Gasteiger partial charge in [0.15, 0.2) is 0 Å². The van der Waals surface area contributed by atoms with E-state index in [9.17, 15) is 31.1 Å². The van der Waals surface area contributed by atoms with Gasteiger partial charge in [0.25, 0.3) is 5.91 Å². The standard InChI is InChI=1S/C12H11F6NO2/c13-11(14,15)8-4-7(10(21)19-2-1-3-20)5-9(6-8)12(16,17)18/h4-6,20H,1-3H2,(H,19,21). The second-order valence-electron chi connectivity index (χ2n) is 4.13. The zero-order valence-corrected chi connectivity index (χ0v) is 10.5. The van der Waals surface area contributed by atoms with Crippen molar-refractivity contribution in [2.75, 3.05) is 13.2 Å². The van der Waals surface area contributed by atoms with Gasteiger partial charge in [0.05, 0.1) is 11.1 Å². The van der Waals surface area contributed by atoms with Crippen LogP contribution < -0.4 is 5.32 Å². The van der Waals surface area contributed by atoms with E-state index in [1.165, 1.54) is 0 Å². The molecule has 1 amide bonds. The lowest BCUT2D eigenvalue weighted by atomic mass is 10.0.